The van der Waals surface area contributed by atoms with E-state index in [9.17, 15) is 5.11 Å². The topological polar surface area (TPSA) is 35.5 Å². The van der Waals surface area contributed by atoms with Gasteiger partial charge in [-0.3, -0.25) is 4.90 Å². The third-order valence-corrected chi connectivity index (χ3v) is 3.79. The van der Waals surface area contributed by atoms with Crippen molar-refractivity contribution in [2.45, 2.75) is 13.0 Å². The molecule has 0 saturated carbocycles. The van der Waals surface area contributed by atoms with Crippen LogP contribution in [0.15, 0.2) is 22.7 Å². The number of nitrogens with zero attached hydrogens (tertiary/aromatic N) is 1. The van der Waals surface area contributed by atoms with E-state index >= 15 is 0 Å². The molecular weight excluding hydrogens is 339 g/mol. The van der Waals surface area contributed by atoms with Gasteiger partial charge in [-0.25, -0.2) is 0 Å². The van der Waals surface area contributed by atoms with Gasteiger partial charge < -0.3 is 10.4 Å². The molecule has 0 bridgehead atoms. The van der Waals surface area contributed by atoms with Crippen LogP contribution in [0.2, 0.25) is 0 Å². The Labute approximate surface area is 129 Å². The van der Waals surface area contributed by atoms with Gasteiger partial charge in [-0.15, -0.1) is 24.8 Å². The van der Waals surface area contributed by atoms with Crippen LogP contribution in [0, 0.1) is 0 Å². The van der Waals surface area contributed by atoms with Crippen LogP contribution in [0.3, 0.4) is 0 Å². The van der Waals surface area contributed by atoms with E-state index in [1.54, 1.807) is 6.07 Å². The van der Waals surface area contributed by atoms with Crippen molar-refractivity contribution in [2.24, 2.45) is 0 Å². The Balaban J connectivity index is 0.00000144. The highest BCUT2D eigenvalue weighted by atomic mass is 79.9. The Morgan fingerprint density at radius 3 is 2.44 bits per heavy atom. The summed E-state index contributed by atoms with van der Waals surface area (Å²) in [6.45, 7) is 6.50. The maximum absolute atomic E-state index is 9.47. The Hall–Kier alpha value is -0.000000000000000111. The minimum Gasteiger partial charge on any atom is -0.507 e. The zero-order valence-electron chi connectivity index (χ0n) is 10.2. The molecule has 1 fully saturated rings. The number of nitrogens with one attached hydrogen (secondary N) is 1. The van der Waals surface area contributed by atoms with Crippen LogP contribution in [0.1, 0.15) is 18.5 Å². The summed E-state index contributed by atoms with van der Waals surface area (Å²) in [4.78, 5) is 2.45. The normalized spacial score (nSPS) is 17.4. The lowest BCUT2D eigenvalue weighted by atomic mass is 10.1. The molecule has 0 radical (unpaired) electrons. The highest BCUT2D eigenvalue weighted by Gasteiger charge is 2.18. The van der Waals surface area contributed by atoms with Gasteiger partial charge in [0, 0.05) is 32.2 Å². The van der Waals surface area contributed by atoms with Gasteiger partial charge >= 0.3 is 0 Å². The van der Waals surface area contributed by atoms with Gasteiger partial charge in [0.1, 0.15) is 5.75 Å². The van der Waals surface area contributed by atoms with Gasteiger partial charge in [-0.2, -0.15) is 0 Å². The molecule has 1 atom stereocenters. The molecule has 2 N–H and O–H groups in total. The van der Waals surface area contributed by atoms with Crippen LogP contribution in [0.4, 0.5) is 0 Å². The molecule has 1 heterocycles. The molecule has 3 nitrogen and oxygen atoms in total. The summed E-state index contributed by atoms with van der Waals surface area (Å²) in [5.41, 5.74) is 1.24. The van der Waals surface area contributed by atoms with E-state index in [1.165, 1.54) is 5.56 Å². The van der Waals surface area contributed by atoms with Crippen LogP contribution >= 0.6 is 40.7 Å². The predicted molar refractivity (Wildman–Crippen MR) is 83.2 cm³/mol. The Morgan fingerprint density at radius 2 is 1.89 bits per heavy atom. The van der Waals surface area contributed by atoms with Gasteiger partial charge in [0.15, 0.2) is 0 Å². The van der Waals surface area contributed by atoms with Crippen molar-refractivity contribution < 1.29 is 5.11 Å². The Bertz CT molecular complexity index is 373. The van der Waals surface area contributed by atoms with Gasteiger partial charge in [-0.05, 0) is 40.5 Å². The van der Waals surface area contributed by atoms with E-state index in [-0.39, 0.29) is 24.8 Å². The average Bonchev–Trinajstić information content (AvgIpc) is 2.33. The molecule has 1 aromatic rings. The van der Waals surface area contributed by atoms with Crippen LogP contribution in [-0.2, 0) is 0 Å². The van der Waals surface area contributed by atoms with Crippen molar-refractivity contribution in [3.63, 3.8) is 0 Å². The van der Waals surface area contributed by atoms with E-state index in [4.69, 9.17) is 0 Å². The number of piperazine rings is 1. The van der Waals surface area contributed by atoms with Crippen LogP contribution in [-0.4, -0.2) is 36.2 Å². The summed E-state index contributed by atoms with van der Waals surface area (Å²) in [5.74, 6) is 0.302. The highest BCUT2D eigenvalue weighted by Crippen LogP contribution is 2.29. The first-order chi connectivity index (χ1) is 7.68. The molecule has 6 heteroatoms. The molecule has 1 aromatic carbocycles. The summed E-state index contributed by atoms with van der Waals surface area (Å²) in [6, 6.07) is 6.14. The predicted octanol–water partition coefficient (Wildman–Crippen LogP) is 2.96. The number of halogens is 3. The smallest absolute Gasteiger partial charge is 0.129 e. The molecule has 0 amide bonds. The molecule has 1 aliphatic heterocycles. The molecule has 0 aliphatic carbocycles. The van der Waals surface area contributed by atoms with E-state index < -0.39 is 0 Å². The number of aromatic hydroxyl groups is 1. The fourth-order valence-electron chi connectivity index (χ4n) is 2.06. The van der Waals surface area contributed by atoms with Crippen molar-refractivity contribution in [3.8, 4) is 5.75 Å². The lowest BCUT2D eigenvalue weighted by Gasteiger charge is -2.33. The van der Waals surface area contributed by atoms with Crippen LogP contribution in [0.5, 0.6) is 5.75 Å². The Kier molecular flexibility index (Phi) is 8.23. The second kappa shape index (κ2) is 8.23. The number of benzene rings is 1. The number of phenols is 1. The van der Waals surface area contributed by atoms with Crippen LogP contribution in [0.25, 0.3) is 0 Å². The van der Waals surface area contributed by atoms with E-state index in [0.717, 1.165) is 30.7 Å². The zero-order chi connectivity index (χ0) is 11.5. The fraction of sp³-hybridized carbons (Fsp3) is 0.500. The van der Waals surface area contributed by atoms with E-state index in [2.05, 4.69) is 33.1 Å². The molecule has 1 saturated heterocycles. The molecule has 2 rings (SSSR count). The summed E-state index contributed by atoms with van der Waals surface area (Å²) in [5, 5.41) is 12.8. The molecule has 1 aliphatic rings. The van der Waals surface area contributed by atoms with Crippen molar-refractivity contribution >= 4 is 40.7 Å². The maximum Gasteiger partial charge on any atom is 0.129 e. The lowest BCUT2D eigenvalue weighted by Crippen LogP contribution is -2.44. The zero-order valence-corrected chi connectivity index (χ0v) is 13.4. The van der Waals surface area contributed by atoms with Crippen molar-refractivity contribution in [2.75, 3.05) is 26.2 Å². The minimum absolute atomic E-state index is 0. The number of rotatable bonds is 2. The summed E-state index contributed by atoms with van der Waals surface area (Å²) in [6.07, 6.45) is 0. The molecule has 104 valence electrons. The molecular formula is C12H19BrCl2N2O. The number of hydrogen-bond donors (Lipinski definition) is 2. The van der Waals surface area contributed by atoms with Crippen molar-refractivity contribution in [3.05, 3.63) is 28.2 Å². The summed E-state index contributed by atoms with van der Waals surface area (Å²) < 4.78 is 0.770. The van der Waals surface area contributed by atoms with Crippen molar-refractivity contribution in [1.82, 2.24) is 10.2 Å². The monoisotopic (exact) mass is 356 g/mol. The first-order valence-electron chi connectivity index (χ1n) is 5.61. The largest absolute Gasteiger partial charge is 0.507 e. The van der Waals surface area contributed by atoms with Gasteiger partial charge in [0.05, 0.1) is 4.47 Å². The fourth-order valence-corrected chi connectivity index (χ4v) is 2.46. The average molecular weight is 358 g/mol. The second-order valence-corrected chi connectivity index (χ2v) is 5.03. The number of phenolic OH excluding ortho intramolecular Hbond substituents is 1. The summed E-state index contributed by atoms with van der Waals surface area (Å²) >= 11 is 3.36. The molecule has 0 spiro atoms. The minimum atomic E-state index is 0. The first kappa shape index (κ1) is 18.0. The molecule has 0 unspecified atom stereocenters. The number of hydrogen-bond acceptors (Lipinski definition) is 3. The van der Waals surface area contributed by atoms with Gasteiger partial charge in [-0.1, -0.05) is 6.07 Å². The molecule has 0 aromatic heterocycles. The maximum atomic E-state index is 9.47. The van der Waals surface area contributed by atoms with Crippen LogP contribution < -0.4 is 5.32 Å². The SMILES string of the molecule is C[C@@H](c1ccc(O)c(Br)c1)N1CCNCC1.Cl.Cl. The lowest BCUT2D eigenvalue weighted by molar-refractivity contribution is 0.185. The third-order valence-electron chi connectivity index (χ3n) is 3.15. The third kappa shape index (κ3) is 4.28. The first-order valence-corrected chi connectivity index (χ1v) is 6.41. The van der Waals surface area contributed by atoms with E-state index in [0.29, 0.717) is 11.8 Å². The quantitative estimate of drug-likeness (QED) is 0.854. The van der Waals surface area contributed by atoms with Gasteiger partial charge in [0.2, 0.25) is 0 Å². The molecule has 18 heavy (non-hydrogen) atoms. The van der Waals surface area contributed by atoms with Gasteiger partial charge in [0.25, 0.3) is 0 Å². The standard InChI is InChI=1S/C12H17BrN2O.2ClH/c1-9(15-6-4-14-5-7-15)10-2-3-12(16)11(13)8-10;;/h2-3,8-9,14,16H,4-7H2,1H3;2*1H/t9-;;/m0../s1. The summed E-state index contributed by atoms with van der Waals surface area (Å²) in [7, 11) is 0. The highest BCUT2D eigenvalue weighted by molar-refractivity contribution is 9.10. The Morgan fingerprint density at radius 1 is 1.28 bits per heavy atom. The second-order valence-electron chi connectivity index (χ2n) is 4.17. The van der Waals surface area contributed by atoms with Crippen molar-refractivity contribution in [1.29, 1.82) is 0 Å². The van der Waals surface area contributed by atoms with E-state index in [1.807, 2.05) is 12.1 Å².